The van der Waals surface area contributed by atoms with Gasteiger partial charge in [-0.05, 0) is 19.8 Å². The summed E-state index contributed by atoms with van der Waals surface area (Å²) in [5.41, 5.74) is 0. The van der Waals surface area contributed by atoms with Crippen molar-refractivity contribution in [3.05, 3.63) is 11.7 Å². The highest BCUT2D eigenvalue weighted by Crippen LogP contribution is 2.31. The van der Waals surface area contributed by atoms with Crippen LogP contribution in [0.5, 0.6) is 0 Å². The maximum Gasteiger partial charge on any atom is 0.248 e. The van der Waals surface area contributed by atoms with E-state index in [-0.39, 0.29) is 30.4 Å². The smallest absolute Gasteiger partial charge is 0.248 e. The average Bonchev–Trinajstić information content (AvgIpc) is 3.06. The summed E-state index contributed by atoms with van der Waals surface area (Å²) >= 11 is 0. The van der Waals surface area contributed by atoms with E-state index in [0.29, 0.717) is 31.4 Å². The van der Waals surface area contributed by atoms with E-state index in [0.717, 1.165) is 25.2 Å². The third-order valence-electron chi connectivity index (χ3n) is 4.61. The Morgan fingerprint density at radius 1 is 1.38 bits per heavy atom. The highest BCUT2D eigenvalue weighted by Gasteiger charge is 2.24. The number of aromatic nitrogens is 2. The van der Waals surface area contributed by atoms with E-state index in [4.69, 9.17) is 9.26 Å². The summed E-state index contributed by atoms with van der Waals surface area (Å²) in [5, 5.41) is 10.3. The SMILES string of the molecule is CC(NC(=O)CC1COCCN1)c1nc(C2CCCCC2)no1.Cl. The van der Waals surface area contributed by atoms with E-state index >= 15 is 0 Å². The molecule has 8 heteroatoms. The van der Waals surface area contributed by atoms with Gasteiger partial charge in [0.25, 0.3) is 0 Å². The molecule has 1 aliphatic heterocycles. The third-order valence-corrected chi connectivity index (χ3v) is 4.61. The van der Waals surface area contributed by atoms with Crippen LogP contribution in [0.2, 0.25) is 0 Å². The Morgan fingerprint density at radius 2 is 2.17 bits per heavy atom. The summed E-state index contributed by atoms with van der Waals surface area (Å²) < 4.78 is 10.7. The first-order chi connectivity index (χ1) is 11.2. The molecule has 0 spiro atoms. The van der Waals surface area contributed by atoms with Crippen LogP contribution in [0.1, 0.15) is 69.1 Å². The Bertz CT molecular complexity index is 513. The van der Waals surface area contributed by atoms with Crippen molar-refractivity contribution >= 4 is 18.3 Å². The number of rotatable bonds is 5. The third kappa shape index (κ3) is 5.16. The number of hydrogen-bond acceptors (Lipinski definition) is 6. The second kappa shape index (κ2) is 9.34. The lowest BCUT2D eigenvalue weighted by atomic mass is 9.89. The zero-order valence-corrected chi connectivity index (χ0v) is 14.9. The van der Waals surface area contributed by atoms with Crippen LogP contribution in [0, 0.1) is 0 Å². The summed E-state index contributed by atoms with van der Waals surface area (Å²) in [6.07, 6.45) is 6.43. The topological polar surface area (TPSA) is 89.3 Å². The molecule has 0 aromatic carbocycles. The molecule has 24 heavy (non-hydrogen) atoms. The largest absolute Gasteiger partial charge is 0.378 e. The first-order valence-electron chi connectivity index (χ1n) is 8.66. The molecule has 1 aromatic heterocycles. The maximum absolute atomic E-state index is 12.1. The van der Waals surface area contributed by atoms with Crippen molar-refractivity contribution in [1.29, 1.82) is 0 Å². The Labute approximate surface area is 148 Å². The summed E-state index contributed by atoms with van der Waals surface area (Å²) in [6.45, 7) is 3.96. The Kier molecular flexibility index (Phi) is 7.45. The van der Waals surface area contributed by atoms with Crippen LogP contribution in [0.4, 0.5) is 0 Å². The first kappa shape index (κ1) is 19.1. The van der Waals surface area contributed by atoms with Gasteiger partial charge in [0.15, 0.2) is 5.82 Å². The minimum absolute atomic E-state index is 0. The number of carbonyl (C=O) groups is 1. The molecule has 136 valence electrons. The van der Waals surface area contributed by atoms with Crippen molar-refractivity contribution in [3.63, 3.8) is 0 Å². The van der Waals surface area contributed by atoms with Gasteiger partial charge in [-0.2, -0.15) is 4.98 Å². The number of nitrogens with zero attached hydrogens (tertiary/aromatic N) is 2. The molecule has 3 rings (SSSR count). The zero-order valence-electron chi connectivity index (χ0n) is 14.1. The van der Waals surface area contributed by atoms with Gasteiger partial charge in [-0.1, -0.05) is 24.4 Å². The molecule has 1 saturated carbocycles. The van der Waals surface area contributed by atoms with Crippen molar-refractivity contribution in [2.24, 2.45) is 0 Å². The van der Waals surface area contributed by atoms with Gasteiger partial charge in [0.05, 0.1) is 13.2 Å². The molecule has 1 aromatic rings. The van der Waals surface area contributed by atoms with E-state index < -0.39 is 0 Å². The fraction of sp³-hybridized carbons (Fsp3) is 0.812. The van der Waals surface area contributed by atoms with Gasteiger partial charge in [-0.15, -0.1) is 12.4 Å². The Morgan fingerprint density at radius 3 is 2.88 bits per heavy atom. The van der Waals surface area contributed by atoms with Crippen LogP contribution in [-0.4, -0.2) is 41.8 Å². The summed E-state index contributed by atoms with van der Waals surface area (Å²) in [4.78, 5) is 16.6. The van der Waals surface area contributed by atoms with Crippen molar-refractivity contribution < 1.29 is 14.1 Å². The minimum Gasteiger partial charge on any atom is -0.378 e. The van der Waals surface area contributed by atoms with Crippen LogP contribution < -0.4 is 10.6 Å². The highest BCUT2D eigenvalue weighted by atomic mass is 35.5. The van der Waals surface area contributed by atoms with Gasteiger partial charge < -0.3 is 19.9 Å². The molecule has 0 radical (unpaired) electrons. The lowest BCUT2D eigenvalue weighted by Crippen LogP contribution is -2.44. The Balaban J connectivity index is 0.00000208. The Hall–Kier alpha value is -1.18. The van der Waals surface area contributed by atoms with E-state index in [1.807, 2.05) is 6.92 Å². The molecule has 2 atom stereocenters. The standard InChI is InChI=1S/C16H26N4O3.ClH/c1-11(18-14(21)9-13-10-22-8-7-17-13)16-19-15(20-23-16)12-5-3-2-4-6-12;/h11-13,17H,2-10H2,1H3,(H,18,21);1H. The zero-order chi connectivity index (χ0) is 16.1. The second-order valence-electron chi connectivity index (χ2n) is 6.55. The van der Waals surface area contributed by atoms with Gasteiger partial charge in [0, 0.05) is 24.9 Å². The maximum atomic E-state index is 12.1. The lowest BCUT2D eigenvalue weighted by molar-refractivity contribution is -0.123. The number of halogens is 1. The van der Waals surface area contributed by atoms with E-state index in [9.17, 15) is 4.79 Å². The molecule has 1 saturated heterocycles. The number of hydrogen-bond donors (Lipinski definition) is 2. The molecule has 1 amide bonds. The summed E-state index contributed by atoms with van der Waals surface area (Å²) in [5.74, 6) is 1.67. The fourth-order valence-corrected chi connectivity index (χ4v) is 3.29. The minimum atomic E-state index is -0.267. The van der Waals surface area contributed by atoms with Crippen LogP contribution in [0.3, 0.4) is 0 Å². The van der Waals surface area contributed by atoms with Crippen LogP contribution in [0.25, 0.3) is 0 Å². The van der Waals surface area contributed by atoms with Crippen molar-refractivity contribution in [2.75, 3.05) is 19.8 Å². The van der Waals surface area contributed by atoms with Gasteiger partial charge in [-0.25, -0.2) is 0 Å². The number of carbonyl (C=O) groups excluding carboxylic acids is 1. The predicted molar refractivity (Wildman–Crippen MR) is 91.2 cm³/mol. The first-order valence-corrected chi connectivity index (χ1v) is 8.66. The lowest BCUT2D eigenvalue weighted by Gasteiger charge is -2.23. The molecule has 1 aliphatic carbocycles. The molecule has 0 bridgehead atoms. The van der Waals surface area contributed by atoms with Crippen LogP contribution in [0.15, 0.2) is 4.52 Å². The monoisotopic (exact) mass is 358 g/mol. The number of nitrogens with one attached hydrogen (secondary N) is 2. The van der Waals surface area contributed by atoms with E-state index in [2.05, 4.69) is 20.8 Å². The van der Waals surface area contributed by atoms with Gasteiger partial charge in [-0.3, -0.25) is 4.79 Å². The molecule has 2 heterocycles. The van der Waals surface area contributed by atoms with E-state index in [1.54, 1.807) is 0 Å². The summed E-state index contributed by atoms with van der Waals surface area (Å²) in [6, 6.07) is -0.187. The normalized spacial score (nSPS) is 23.3. The number of ether oxygens (including phenoxy) is 1. The number of morpholine rings is 1. The fourth-order valence-electron chi connectivity index (χ4n) is 3.29. The second-order valence-corrected chi connectivity index (χ2v) is 6.55. The van der Waals surface area contributed by atoms with Crippen molar-refractivity contribution in [2.45, 2.75) is 63.5 Å². The number of amides is 1. The van der Waals surface area contributed by atoms with E-state index in [1.165, 1.54) is 19.3 Å². The van der Waals surface area contributed by atoms with Crippen molar-refractivity contribution in [1.82, 2.24) is 20.8 Å². The van der Waals surface area contributed by atoms with Gasteiger partial charge in [0.1, 0.15) is 6.04 Å². The highest BCUT2D eigenvalue weighted by molar-refractivity contribution is 5.85. The molecular weight excluding hydrogens is 332 g/mol. The van der Waals surface area contributed by atoms with Crippen LogP contribution >= 0.6 is 12.4 Å². The van der Waals surface area contributed by atoms with Gasteiger partial charge >= 0.3 is 0 Å². The van der Waals surface area contributed by atoms with Gasteiger partial charge in [0.2, 0.25) is 11.8 Å². The van der Waals surface area contributed by atoms with Crippen molar-refractivity contribution in [3.8, 4) is 0 Å². The predicted octanol–water partition coefficient (Wildman–Crippen LogP) is 2.09. The molecular formula is C16H27ClN4O3. The molecule has 2 aliphatic rings. The molecule has 2 fully saturated rings. The molecule has 7 nitrogen and oxygen atoms in total. The van der Waals surface area contributed by atoms with Crippen LogP contribution in [-0.2, 0) is 9.53 Å². The average molecular weight is 359 g/mol. The summed E-state index contributed by atoms with van der Waals surface area (Å²) in [7, 11) is 0. The molecule has 2 N–H and O–H groups in total. The quantitative estimate of drug-likeness (QED) is 0.837. The molecule has 2 unspecified atom stereocenters.